The fourth-order valence-electron chi connectivity index (χ4n) is 2.77. The average molecular weight is 302 g/mol. The minimum Gasteiger partial charge on any atom is -0.497 e. The number of rotatable bonds is 6. The highest BCUT2D eigenvalue weighted by atomic mass is 16.5. The van der Waals surface area contributed by atoms with Gasteiger partial charge < -0.3 is 19.7 Å². The van der Waals surface area contributed by atoms with Crippen LogP contribution < -0.4 is 19.7 Å². The zero-order valence-electron chi connectivity index (χ0n) is 13.0. The number of H-pyrrole nitrogens is 1. The Balaban J connectivity index is 1.62. The van der Waals surface area contributed by atoms with Crippen molar-refractivity contribution < 1.29 is 9.47 Å². The second-order valence-corrected chi connectivity index (χ2v) is 5.47. The molecule has 2 aromatic rings. The van der Waals surface area contributed by atoms with Crippen molar-refractivity contribution in [2.45, 2.75) is 19.0 Å². The zero-order chi connectivity index (χ0) is 15.4. The van der Waals surface area contributed by atoms with Crippen LogP contribution in [0, 0.1) is 0 Å². The van der Waals surface area contributed by atoms with Gasteiger partial charge >= 0.3 is 0 Å². The molecule has 0 bridgehead atoms. The summed E-state index contributed by atoms with van der Waals surface area (Å²) in [7, 11) is 3.36. The Morgan fingerprint density at radius 3 is 2.68 bits per heavy atom. The van der Waals surface area contributed by atoms with Crippen LogP contribution >= 0.6 is 0 Å². The normalized spacial score (nSPS) is 17.7. The maximum absolute atomic E-state index is 5.35. The Kier molecular flexibility index (Phi) is 4.48. The molecule has 1 atom stereocenters. The molecule has 22 heavy (non-hydrogen) atoms. The molecule has 1 fully saturated rings. The molecular weight excluding hydrogens is 280 g/mol. The molecule has 0 unspecified atom stereocenters. The van der Waals surface area contributed by atoms with Crippen molar-refractivity contribution in [3.63, 3.8) is 0 Å². The minimum absolute atomic E-state index is 0.473. The number of methoxy groups -OCH3 is 2. The lowest BCUT2D eigenvalue weighted by molar-refractivity contribution is 0.394. The van der Waals surface area contributed by atoms with E-state index in [0.717, 1.165) is 48.9 Å². The van der Waals surface area contributed by atoms with Crippen LogP contribution in [0.5, 0.6) is 11.5 Å². The van der Waals surface area contributed by atoms with Crippen molar-refractivity contribution in [2.24, 2.45) is 0 Å². The summed E-state index contributed by atoms with van der Waals surface area (Å²) in [6.07, 6.45) is 2.90. The highest BCUT2D eigenvalue weighted by Crippen LogP contribution is 2.30. The highest BCUT2D eigenvalue weighted by Gasteiger charge is 2.23. The van der Waals surface area contributed by atoms with Crippen molar-refractivity contribution in [3.8, 4) is 11.5 Å². The molecule has 6 nitrogen and oxygen atoms in total. The fourth-order valence-corrected chi connectivity index (χ4v) is 2.77. The average Bonchev–Trinajstić information content (AvgIpc) is 3.23. The number of hydrogen-bond donors (Lipinski definition) is 2. The topological polar surface area (TPSA) is 62.4 Å². The van der Waals surface area contributed by atoms with E-state index in [0.29, 0.717) is 6.04 Å². The van der Waals surface area contributed by atoms with Gasteiger partial charge in [-0.3, -0.25) is 5.10 Å². The highest BCUT2D eigenvalue weighted by molar-refractivity contribution is 5.56. The number of aromatic amines is 1. The minimum atomic E-state index is 0.473. The third-order valence-electron chi connectivity index (χ3n) is 4.03. The molecule has 0 radical (unpaired) electrons. The van der Waals surface area contributed by atoms with Gasteiger partial charge in [0.1, 0.15) is 11.5 Å². The molecule has 2 heterocycles. The van der Waals surface area contributed by atoms with Crippen LogP contribution in [0.2, 0.25) is 0 Å². The second kappa shape index (κ2) is 6.70. The smallest absolute Gasteiger partial charge is 0.124 e. The Morgan fingerprint density at radius 2 is 2.05 bits per heavy atom. The second-order valence-electron chi connectivity index (χ2n) is 5.47. The van der Waals surface area contributed by atoms with Crippen LogP contribution in [0.1, 0.15) is 12.1 Å². The van der Waals surface area contributed by atoms with Gasteiger partial charge in [0.25, 0.3) is 0 Å². The van der Waals surface area contributed by atoms with Gasteiger partial charge in [0, 0.05) is 61.5 Å². The molecule has 0 aliphatic carbocycles. The molecule has 2 N–H and O–H groups in total. The van der Waals surface area contributed by atoms with E-state index in [4.69, 9.17) is 9.47 Å². The number of hydrogen-bond acceptors (Lipinski definition) is 5. The van der Waals surface area contributed by atoms with E-state index < -0.39 is 0 Å². The van der Waals surface area contributed by atoms with E-state index in [9.17, 15) is 0 Å². The first-order valence-electron chi connectivity index (χ1n) is 7.48. The SMILES string of the molecule is COc1cc(OC)cc(N2CC[C@@H](NCc3ccn[nH]3)C2)c1. The Bertz CT molecular complexity index is 578. The molecule has 1 aromatic heterocycles. The first-order valence-corrected chi connectivity index (χ1v) is 7.48. The summed E-state index contributed by atoms with van der Waals surface area (Å²) in [5, 5.41) is 10.5. The summed E-state index contributed by atoms with van der Waals surface area (Å²) in [4.78, 5) is 2.36. The largest absolute Gasteiger partial charge is 0.497 e. The maximum atomic E-state index is 5.35. The van der Waals surface area contributed by atoms with Crippen LogP contribution in [0.15, 0.2) is 30.5 Å². The van der Waals surface area contributed by atoms with Gasteiger partial charge in [0.15, 0.2) is 0 Å². The molecule has 0 saturated carbocycles. The quantitative estimate of drug-likeness (QED) is 0.852. The summed E-state index contributed by atoms with van der Waals surface area (Å²) in [6, 6.07) is 8.47. The first-order chi connectivity index (χ1) is 10.8. The van der Waals surface area contributed by atoms with E-state index in [2.05, 4.69) is 32.5 Å². The third kappa shape index (κ3) is 3.33. The van der Waals surface area contributed by atoms with Crippen LogP contribution in [-0.2, 0) is 6.54 Å². The zero-order valence-corrected chi connectivity index (χ0v) is 13.0. The molecular formula is C16H22N4O2. The first kappa shape index (κ1) is 14.7. The molecule has 1 aliphatic heterocycles. The lowest BCUT2D eigenvalue weighted by atomic mass is 10.2. The van der Waals surface area contributed by atoms with Gasteiger partial charge in [0.2, 0.25) is 0 Å². The summed E-state index contributed by atoms with van der Waals surface area (Å²) in [6.45, 7) is 2.82. The molecule has 3 rings (SSSR count). The summed E-state index contributed by atoms with van der Waals surface area (Å²) >= 11 is 0. The van der Waals surface area contributed by atoms with Crippen molar-refractivity contribution in [3.05, 3.63) is 36.2 Å². The molecule has 0 spiro atoms. The Labute approximate surface area is 130 Å². The van der Waals surface area contributed by atoms with Gasteiger partial charge in [-0.25, -0.2) is 0 Å². The van der Waals surface area contributed by atoms with Crippen LogP contribution in [0.25, 0.3) is 0 Å². The summed E-state index contributed by atoms with van der Waals surface area (Å²) in [5.74, 6) is 1.64. The Hall–Kier alpha value is -2.21. The van der Waals surface area contributed by atoms with Crippen LogP contribution in [-0.4, -0.2) is 43.5 Å². The van der Waals surface area contributed by atoms with Gasteiger partial charge in [-0.2, -0.15) is 5.10 Å². The van der Waals surface area contributed by atoms with E-state index >= 15 is 0 Å². The fraction of sp³-hybridized carbons (Fsp3) is 0.438. The number of benzene rings is 1. The van der Waals surface area contributed by atoms with Gasteiger partial charge in [-0.15, -0.1) is 0 Å². The lowest BCUT2D eigenvalue weighted by Crippen LogP contribution is -2.32. The van der Waals surface area contributed by atoms with Crippen LogP contribution in [0.3, 0.4) is 0 Å². The van der Waals surface area contributed by atoms with Crippen LogP contribution in [0.4, 0.5) is 5.69 Å². The third-order valence-corrected chi connectivity index (χ3v) is 4.03. The van der Waals surface area contributed by atoms with Crippen molar-refractivity contribution in [2.75, 3.05) is 32.2 Å². The molecule has 118 valence electrons. The number of nitrogens with one attached hydrogen (secondary N) is 2. The van der Waals surface area contributed by atoms with E-state index in [-0.39, 0.29) is 0 Å². The maximum Gasteiger partial charge on any atom is 0.124 e. The monoisotopic (exact) mass is 302 g/mol. The number of aromatic nitrogens is 2. The van der Waals surface area contributed by atoms with Gasteiger partial charge in [-0.05, 0) is 12.5 Å². The van der Waals surface area contributed by atoms with E-state index in [1.807, 2.05) is 12.1 Å². The predicted octanol–water partition coefficient (Wildman–Crippen LogP) is 1.80. The molecule has 0 amide bonds. The van der Waals surface area contributed by atoms with E-state index in [1.54, 1.807) is 20.4 Å². The lowest BCUT2D eigenvalue weighted by Gasteiger charge is -2.20. The Morgan fingerprint density at radius 1 is 1.27 bits per heavy atom. The standard InChI is InChI=1S/C16H22N4O2/c1-21-15-7-14(8-16(9-15)22-2)20-6-4-13(11-20)17-10-12-3-5-18-19-12/h3,5,7-9,13,17H,4,6,10-11H2,1-2H3,(H,18,19)/t13-/m1/s1. The molecule has 1 saturated heterocycles. The van der Waals surface area contributed by atoms with E-state index in [1.165, 1.54) is 0 Å². The number of nitrogens with zero attached hydrogens (tertiary/aromatic N) is 2. The van der Waals surface area contributed by atoms with Crippen molar-refractivity contribution >= 4 is 5.69 Å². The van der Waals surface area contributed by atoms with Gasteiger partial charge in [-0.1, -0.05) is 0 Å². The molecule has 6 heteroatoms. The number of ether oxygens (including phenoxy) is 2. The van der Waals surface area contributed by atoms with Gasteiger partial charge in [0.05, 0.1) is 14.2 Å². The van der Waals surface area contributed by atoms with Crippen molar-refractivity contribution in [1.82, 2.24) is 15.5 Å². The summed E-state index contributed by atoms with van der Waals surface area (Å²) in [5.41, 5.74) is 2.25. The number of anilines is 1. The predicted molar refractivity (Wildman–Crippen MR) is 85.6 cm³/mol. The summed E-state index contributed by atoms with van der Waals surface area (Å²) < 4.78 is 10.7. The molecule has 1 aromatic carbocycles. The molecule has 1 aliphatic rings. The van der Waals surface area contributed by atoms with Crippen molar-refractivity contribution in [1.29, 1.82) is 0 Å².